The van der Waals surface area contributed by atoms with Crippen molar-refractivity contribution in [3.05, 3.63) is 34.3 Å². The topological polar surface area (TPSA) is 12.0 Å². The van der Waals surface area contributed by atoms with Gasteiger partial charge in [-0.2, -0.15) is 0 Å². The fraction of sp³-hybridized carbons (Fsp3) is 0.500. The molecule has 0 radical (unpaired) electrons. The number of hydrogen-bond donors (Lipinski definition) is 1. The van der Waals surface area contributed by atoms with E-state index in [-0.39, 0.29) is 0 Å². The second-order valence-corrected chi connectivity index (χ2v) is 4.52. The summed E-state index contributed by atoms with van der Waals surface area (Å²) in [6, 6.07) is 9.15. The number of halogens is 1. The predicted molar refractivity (Wildman–Crippen MR) is 65.6 cm³/mol. The minimum absolute atomic E-state index is 0.606. The Balaban J connectivity index is 2.57. The van der Waals surface area contributed by atoms with E-state index in [0.29, 0.717) is 6.04 Å². The van der Waals surface area contributed by atoms with E-state index < -0.39 is 0 Å². The Kier molecular flexibility index (Phi) is 5.20. The summed E-state index contributed by atoms with van der Waals surface area (Å²) in [6.07, 6.45) is 3.59. The molecule has 1 aromatic rings. The number of likely N-dealkylation sites (N-methyl/N-ethyl adjacent to an activating group) is 1. The van der Waals surface area contributed by atoms with Crippen LogP contribution < -0.4 is 5.32 Å². The van der Waals surface area contributed by atoms with Crippen molar-refractivity contribution >= 4 is 15.9 Å². The molecule has 0 aliphatic heterocycles. The summed E-state index contributed by atoms with van der Waals surface area (Å²) in [4.78, 5) is 0. The zero-order valence-electron chi connectivity index (χ0n) is 8.89. The summed E-state index contributed by atoms with van der Waals surface area (Å²) in [5.41, 5.74) is 1.40. The molecule has 0 saturated heterocycles. The third-order valence-electron chi connectivity index (χ3n) is 2.42. The van der Waals surface area contributed by atoms with Crippen molar-refractivity contribution < 1.29 is 0 Å². The molecule has 14 heavy (non-hydrogen) atoms. The maximum Gasteiger partial charge on any atom is 0.0178 e. The van der Waals surface area contributed by atoms with Crippen LogP contribution in [0.5, 0.6) is 0 Å². The first kappa shape index (κ1) is 11.7. The van der Waals surface area contributed by atoms with Crippen LogP contribution >= 0.6 is 15.9 Å². The van der Waals surface area contributed by atoms with Crippen LogP contribution in [0.1, 0.15) is 25.3 Å². The normalized spacial score (nSPS) is 12.8. The molecule has 0 heterocycles. The monoisotopic (exact) mass is 255 g/mol. The second-order valence-electron chi connectivity index (χ2n) is 3.61. The number of benzene rings is 1. The summed E-state index contributed by atoms with van der Waals surface area (Å²) in [6.45, 7) is 2.23. The molecule has 0 fully saturated rings. The van der Waals surface area contributed by atoms with Gasteiger partial charge in [-0.25, -0.2) is 0 Å². The summed E-state index contributed by atoms with van der Waals surface area (Å²) in [7, 11) is 2.04. The van der Waals surface area contributed by atoms with Crippen LogP contribution in [0, 0.1) is 0 Å². The summed E-state index contributed by atoms with van der Waals surface area (Å²) < 4.78 is 1.17. The van der Waals surface area contributed by atoms with Crippen molar-refractivity contribution in [1.29, 1.82) is 0 Å². The Bertz CT molecular complexity index is 273. The highest BCUT2D eigenvalue weighted by Gasteiger charge is 2.05. The van der Waals surface area contributed by atoms with Gasteiger partial charge in [0.25, 0.3) is 0 Å². The fourth-order valence-electron chi connectivity index (χ4n) is 1.65. The summed E-state index contributed by atoms with van der Waals surface area (Å²) >= 11 is 3.49. The minimum atomic E-state index is 0.606. The molecule has 0 aromatic heterocycles. The van der Waals surface area contributed by atoms with Gasteiger partial charge in [-0.05, 0) is 37.6 Å². The SMILES string of the molecule is CCCC(Cc1cccc(Br)c1)NC. The van der Waals surface area contributed by atoms with Crippen LogP contribution in [0.2, 0.25) is 0 Å². The lowest BCUT2D eigenvalue weighted by Gasteiger charge is -2.15. The maximum atomic E-state index is 3.49. The van der Waals surface area contributed by atoms with Crippen molar-refractivity contribution in [2.24, 2.45) is 0 Å². The van der Waals surface area contributed by atoms with Crippen LogP contribution in [0.15, 0.2) is 28.7 Å². The largest absolute Gasteiger partial charge is 0.317 e. The third-order valence-corrected chi connectivity index (χ3v) is 2.91. The molecular formula is C12H18BrN. The van der Waals surface area contributed by atoms with E-state index in [1.54, 1.807) is 0 Å². The number of nitrogens with one attached hydrogen (secondary N) is 1. The lowest BCUT2D eigenvalue weighted by molar-refractivity contribution is 0.514. The van der Waals surface area contributed by atoms with Gasteiger partial charge < -0.3 is 5.32 Å². The molecule has 0 aliphatic rings. The van der Waals surface area contributed by atoms with Crippen molar-refractivity contribution in [3.8, 4) is 0 Å². The zero-order chi connectivity index (χ0) is 10.4. The first-order chi connectivity index (χ1) is 6.76. The first-order valence-corrected chi connectivity index (χ1v) is 5.97. The van der Waals surface area contributed by atoms with E-state index in [9.17, 15) is 0 Å². The van der Waals surface area contributed by atoms with Crippen molar-refractivity contribution in [2.75, 3.05) is 7.05 Å². The van der Waals surface area contributed by atoms with Crippen molar-refractivity contribution in [1.82, 2.24) is 5.32 Å². The Morgan fingerprint density at radius 2 is 2.21 bits per heavy atom. The quantitative estimate of drug-likeness (QED) is 0.851. The summed E-state index contributed by atoms with van der Waals surface area (Å²) in [5, 5.41) is 3.36. The highest BCUT2D eigenvalue weighted by atomic mass is 79.9. The fourth-order valence-corrected chi connectivity index (χ4v) is 2.09. The smallest absolute Gasteiger partial charge is 0.0178 e. The van der Waals surface area contributed by atoms with Gasteiger partial charge in [0.2, 0.25) is 0 Å². The molecule has 0 bridgehead atoms. The van der Waals surface area contributed by atoms with Gasteiger partial charge in [-0.1, -0.05) is 41.4 Å². The predicted octanol–water partition coefficient (Wildman–Crippen LogP) is 3.38. The van der Waals surface area contributed by atoms with Crippen molar-refractivity contribution in [2.45, 2.75) is 32.2 Å². The van der Waals surface area contributed by atoms with Crippen molar-refractivity contribution in [3.63, 3.8) is 0 Å². The average Bonchev–Trinajstić information content (AvgIpc) is 2.17. The summed E-state index contributed by atoms with van der Waals surface area (Å²) in [5.74, 6) is 0. The van der Waals surface area contributed by atoms with Gasteiger partial charge in [-0.15, -0.1) is 0 Å². The zero-order valence-corrected chi connectivity index (χ0v) is 10.5. The van der Waals surface area contributed by atoms with Crippen LogP contribution in [-0.4, -0.2) is 13.1 Å². The molecule has 0 amide bonds. The maximum absolute atomic E-state index is 3.49. The Morgan fingerprint density at radius 3 is 2.79 bits per heavy atom. The van der Waals surface area contributed by atoms with Gasteiger partial charge in [0.15, 0.2) is 0 Å². The molecule has 78 valence electrons. The molecule has 0 saturated carbocycles. The van der Waals surface area contributed by atoms with E-state index in [2.05, 4.69) is 52.4 Å². The molecular weight excluding hydrogens is 238 g/mol. The minimum Gasteiger partial charge on any atom is -0.317 e. The molecule has 1 aromatic carbocycles. The number of hydrogen-bond acceptors (Lipinski definition) is 1. The Morgan fingerprint density at radius 1 is 1.43 bits per heavy atom. The highest BCUT2D eigenvalue weighted by Crippen LogP contribution is 2.14. The first-order valence-electron chi connectivity index (χ1n) is 5.18. The molecule has 0 aliphatic carbocycles. The second kappa shape index (κ2) is 6.20. The lowest BCUT2D eigenvalue weighted by atomic mass is 10.0. The Labute approximate surface area is 95.0 Å². The number of rotatable bonds is 5. The standard InChI is InChI=1S/C12H18BrN/c1-3-5-12(14-2)9-10-6-4-7-11(13)8-10/h4,6-8,12,14H,3,5,9H2,1-2H3. The molecule has 1 N–H and O–H groups in total. The van der Waals surface area contributed by atoms with Gasteiger partial charge in [0.05, 0.1) is 0 Å². The molecule has 1 nitrogen and oxygen atoms in total. The van der Waals surface area contributed by atoms with E-state index in [1.165, 1.54) is 22.9 Å². The molecule has 1 unspecified atom stereocenters. The van der Waals surface area contributed by atoms with E-state index in [4.69, 9.17) is 0 Å². The van der Waals surface area contributed by atoms with Gasteiger partial charge >= 0.3 is 0 Å². The van der Waals surface area contributed by atoms with Gasteiger partial charge in [0.1, 0.15) is 0 Å². The molecule has 1 rings (SSSR count). The van der Waals surface area contributed by atoms with Gasteiger partial charge in [-0.3, -0.25) is 0 Å². The van der Waals surface area contributed by atoms with E-state index in [0.717, 1.165) is 6.42 Å². The molecule has 1 atom stereocenters. The van der Waals surface area contributed by atoms with E-state index in [1.807, 2.05) is 7.05 Å². The lowest BCUT2D eigenvalue weighted by Crippen LogP contribution is -2.27. The molecule has 2 heteroatoms. The third kappa shape index (κ3) is 3.81. The van der Waals surface area contributed by atoms with Gasteiger partial charge in [0, 0.05) is 10.5 Å². The van der Waals surface area contributed by atoms with Crippen LogP contribution in [0.25, 0.3) is 0 Å². The average molecular weight is 256 g/mol. The van der Waals surface area contributed by atoms with Crippen LogP contribution in [0.4, 0.5) is 0 Å². The Hall–Kier alpha value is -0.340. The molecule has 0 spiro atoms. The van der Waals surface area contributed by atoms with Crippen LogP contribution in [-0.2, 0) is 6.42 Å². The highest BCUT2D eigenvalue weighted by molar-refractivity contribution is 9.10. The van der Waals surface area contributed by atoms with Crippen LogP contribution in [0.3, 0.4) is 0 Å². The van der Waals surface area contributed by atoms with E-state index >= 15 is 0 Å².